The van der Waals surface area contributed by atoms with E-state index in [0.29, 0.717) is 5.56 Å². The number of rotatable bonds is 2. The SMILES string of the molecule is O=C(Nc1ccccc1F)c1ncccc1C#CCO. The van der Waals surface area contributed by atoms with E-state index in [0.717, 1.165) is 0 Å². The Kier molecular flexibility index (Phi) is 4.43. The highest BCUT2D eigenvalue weighted by Crippen LogP contribution is 2.14. The summed E-state index contributed by atoms with van der Waals surface area (Å²) in [5.74, 6) is 3.99. The average molecular weight is 270 g/mol. The second-order valence-electron chi connectivity index (χ2n) is 3.79. The third-order valence-electron chi connectivity index (χ3n) is 2.45. The van der Waals surface area contributed by atoms with Crippen LogP contribution in [-0.4, -0.2) is 22.6 Å². The standard InChI is InChI=1S/C15H11FN2O2/c16-12-7-1-2-8-13(12)18-15(20)14-11(6-4-10-19)5-3-9-17-14/h1-3,5,7-9,19H,10H2,(H,18,20). The van der Waals surface area contributed by atoms with Crippen LogP contribution < -0.4 is 5.32 Å². The highest BCUT2D eigenvalue weighted by molar-refractivity contribution is 6.04. The van der Waals surface area contributed by atoms with Gasteiger partial charge in [-0.15, -0.1) is 0 Å². The fourth-order valence-corrected chi connectivity index (χ4v) is 1.57. The van der Waals surface area contributed by atoms with Crippen molar-refractivity contribution in [2.75, 3.05) is 11.9 Å². The zero-order valence-corrected chi connectivity index (χ0v) is 10.4. The second kappa shape index (κ2) is 6.45. The van der Waals surface area contributed by atoms with Crippen molar-refractivity contribution in [1.29, 1.82) is 0 Å². The third kappa shape index (κ3) is 3.19. The zero-order valence-electron chi connectivity index (χ0n) is 10.4. The fraction of sp³-hybridized carbons (Fsp3) is 0.0667. The Morgan fingerprint density at radius 1 is 1.30 bits per heavy atom. The molecule has 2 rings (SSSR count). The van der Waals surface area contributed by atoms with Gasteiger partial charge in [-0.3, -0.25) is 4.79 Å². The van der Waals surface area contributed by atoms with Crippen molar-refractivity contribution in [2.45, 2.75) is 0 Å². The van der Waals surface area contributed by atoms with Crippen LogP contribution in [0.2, 0.25) is 0 Å². The molecule has 0 bridgehead atoms. The number of amides is 1. The van der Waals surface area contributed by atoms with Gasteiger partial charge in [0.15, 0.2) is 0 Å². The van der Waals surface area contributed by atoms with Gasteiger partial charge in [0.25, 0.3) is 5.91 Å². The summed E-state index contributed by atoms with van der Waals surface area (Å²) in [6.07, 6.45) is 1.44. The number of nitrogens with one attached hydrogen (secondary N) is 1. The molecule has 20 heavy (non-hydrogen) atoms. The molecule has 0 aliphatic carbocycles. The van der Waals surface area contributed by atoms with Crippen LogP contribution in [0.3, 0.4) is 0 Å². The minimum absolute atomic E-state index is 0.0734. The summed E-state index contributed by atoms with van der Waals surface area (Å²) in [6, 6.07) is 9.08. The summed E-state index contributed by atoms with van der Waals surface area (Å²) in [6.45, 7) is -0.316. The van der Waals surface area contributed by atoms with E-state index in [4.69, 9.17) is 5.11 Å². The molecule has 0 saturated heterocycles. The molecule has 5 heteroatoms. The summed E-state index contributed by atoms with van der Waals surface area (Å²) in [7, 11) is 0. The first-order valence-corrected chi connectivity index (χ1v) is 5.83. The first-order valence-electron chi connectivity index (χ1n) is 5.83. The monoisotopic (exact) mass is 270 g/mol. The van der Waals surface area contributed by atoms with Crippen LogP contribution in [0.1, 0.15) is 16.1 Å². The smallest absolute Gasteiger partial charge is 0.275 e. The van der Waals surface area contributed by atoms with E-state index >= 15 is 0 Å². The number of carbonyl (C=O) groups excluding carboxylic acids is 1. The van der Waals surface area contributed by atoms with Crippen LogP contribution in [0.25, 0.3) is 0 Å². The highest BCUT2D eigenvalue weighted by atomic mass is 19.1. The lowest BCUT2D eigenvalue weighted by Crippen LogP contribution is -2.16. The molecule has 0 unspecified atom stereocenters. The zero-order chi connectivity index (χ0) is 14.4. The molecule has 2 N–H and O–H groups in total. The summed E-state index contributed by atoms with van der Waals surface area (Å²) < 4.78 is 13.5. The molecule has 0 atom stereocenters. The van der Waals surface area contributed by atoms with Crippen LogP contribution in [0.15, 0.2) is 42.6 Å². The van der Waals surface area contributed by atoms with Crippen LogP contribution >= 0.6 is 0 Å². The van der Waals surface area contributed by atoms with Crippen LogP contribution in [0, 0.1) is 17.7 Å². The Hall–Kier alpha value is -2.71. The van der Waals surface area contributed by atoms with Crippen molar-refractivity contribution in [3.8, 4) is 11.8 Å². The largest absolute Gasteiger partial charge is 0.384 e. The van der Waals surface area contributed by atoms with Gasteiger partial charge in [0, 0.05) is 6.20 Å². The van der Waals surface area contributed by atoms with Crippen molar-refractivity contribution in [1.82, 2.24) is 4.98 Å². The van der Waals surface area contributed by atoms with E-state index in [1.54, 1.807) is 18.2 Å². The molecule has 0 radical (unpaired) electrons. The van der Waals surface area contributed by atoms with Crippen molar-refractivity contribution < 1.29 is 14.3 Å². The molecular formula is C15H11FN2O2. The number of pyridine rings is 1. The number of aliphatic hydroxyl groups is 1. The van der Waals surface area contributed by atoms with Gasteiger partial charge in [-0.25, -0.2) is 9.37 Å². The lowest BCUT2D eigenvalue weighted by Gasteiger charge is -2.06. The minimum Gasteiger partial charge on any atom is -0.384 e. The number of carbonyl (C=O) groups is 1. The second-order valence-corrected chi connectivity index (χ2v) is 3.79. The van der Waals surface area contributed by atoms with E-state index in [2.05, 4.69) is 22.1 Å². The Labute approximate surface area is 115 Å². The Bertz CT molecular complexity index is 690. The van der Waals surface area contributed by atoms with Gasteiger partial charge in [-0.2, -0.15) is 0 Å². The molecule has 2 aromatic rings. The number of nitrogens with zero attached hydrogens (tertiary/aromatic N) is 1. The summed E-state index contributed by atoms with van der Waals surface area (Å²) in [4.78, 5) is 16.0. The molecule has 1 heterocycles. The van der Waals surface area contributed by atoms with Gasteiger partial charge in [-0.1, -0.05) is 24.0 Å². The number of aromatic nitrogens is 1. The molecule has 1 aromatic carbocycles. The first-order chi connectivity index (χ1) is 9.72. The maximum atomic E-state index is 13.5. The Morgan fingerprint density at radius 3 is 2.85 bits per heavy atom. The van der Waals surface area contributed by atoms with E-state index in [-0.39, 0.29) is 18.0 Å². The molecule has 4 nitrogen and oxygen atoms in total. The molecular weight excluding hydrogens is 259 g/mol. The number of aliphatic hydroxyl groups excluding tert-OH is 1. The van der Waals surface area contributed by atoms with Crippen molar-refractivity contribution in [3.05, 3.63) is 59.7 Å². The minimum atomic E-state index is -0.557. The maximum absolute atomic E-state index is 13.5. The lowest BCUT2D eigenvalue weighted by atomic mass is 10.2. The van der Waals surface area contributed by atoms with Crippen LogP contribution in [0.4, 0.5) is 10.1 Å². The predicted octanol–water partition coefficient (Wildman–Crippen LogP) is 1.82. The highest BCUT2D eigenvalue weighted by Gasteiger charge is 2.13. The first kappa shape index (κ1) is 13.7. The molecule has 1 aromatic heterocycles. The summed E-state index contributed by atoms with van der Waals surface area (Å²) >= 11 is 0. The molecule has 0 saturated carbocycles. The van der Waals surface area contributed by atoms with Gasteiger partial charge >= 0.3 is 0 Å². The van der Waals surface area contributed by atoms with Crippen LogP contribution in [-0.2, 0) is 0 Å². The molecule has 0 fully saturated rings. The van der Waals surface area contributed by atoms with Gasteiger partial charge in [0.1, 0.15) is 18.1 Å². The molecule has 0 aliphatic heterocycles. The number of hydrogen-bond acceptors (Lipinski definition) is 3. The van der Waals surface area contributed by atoms with Crippen molar-refractivity contribution >= 4 is 11.6 Å². The van der Waals surface area contributed by atoms with Gasteiger partial charge in [0.2, 0.25) is 0 Å². The number of benzene rings is 1. The van der Waals surface area contributed by atoms with Gasteiger partial charge < -0.3 is 10.4 Å². The number of para-hydroxylation sites is 1. The van der Waals surface area contributed by atoms with E-state index in [9.17, 15) is 9.18 Å². The van der Waals surface area contributed by atoms with Gasteiger partial charge in [0.05, 0.1) is 11.3 Å². The summed E-state index contributed by atoms with van der Waals surface area (Å²) in [5, 5.41) is 11.1. The summed E-state index contributed by atoms with van der Waals surface area (Å²) in [5.41, 5.74) is 0.524. The van der Waals surface area contributed by atoms with E-state index in [1.165, 1.54) is 24.4 Å². The van der Waals surface area contributed by atoms with Gasteiger partial charge in [-0.05, 0) is 24.3 Å². The molecule has 100 valence electrons. The van der Waals surface area contributed by atoms with Crippen LogP contribution in [0.5, 0.6) is 0 Å². The normalized spacial score (nSPS) is 9.50. The topological polar surface area (TPSA) is 62.2 Å². The maximum Gasteiger partial charge on any atom is 0.275 e. The Morgan fingerprint density at radius 2 is 2.10 bits per heavy atom. The number of halogens is 1. The number of anilines is 1. The lowest BCUT2D eigenvalue weighted by molar-refractivity contribution is 0.102. The average Bonchev–Trinajstić information content (AvgIpc) is 2.47. The predicted molar refractivity (Wildman–Crippen MR) is 72.6 cm³/mol. The quantitative estimate of drug-likeness (QED) is 0.818. The van der Waals surface area contributed by atoms with E-state index in [1.807, 2.05) is 0 Å². The third-order valence-corrected chi connectivity index (χ3v) is 2.45. The fourth-order valence-electron chi connectivity index (χ4n) is 1.57. The Balaban J connectivity index is 2.28. The molecule has 0 aliphatic rings. The van der Waals surface area contributed by atoms with Crippen molar-refractivity contribution in [3.63, 3.8) is 0 Å². The van der Waals surface area contributed by atoms with Crippen molar-refractivity contribution in [2.24, 2.45) is 0 Å². The molecule has 1 amide bonds. The van der Waals surface area contributed by atoms with E-state index < -0.39 is 11.7 Å². The molecule has 0 spiro atoms. The number of hydrogen-bond donors (Lipinski definition) is 2.